The van der Waals surface area contributed by atoms with Crippen LogP contribution in [-0.4, -0.2) is 12.6 Å². The largest absolute Gasteiger partial charge is 0.461 e. The van der Waals surface area contributed by atoms with Crippen molar-refractivity contribution in [3.8, 4) is 0 Å². The molecule has 1 aliphatic heterocycles. The molecule has 0 radical (unpaired) electrons. The van der Waals surface area contributed by atoms with Crippen LogP contribution in [0.5, 0.6) is 0 Å². The summed E-state index contributed by atoms with van der Waals surface area (Å²) in [5.74, 6) is 0.616. The predicted molar refractivity (Wildman–Crippen MR) is 52.3 cm³/mol. The highest BCUT2D eigenvalue weighted by Gasteiger charge is 2.17. The quantitative estimate of drug-likeness (QED) is 0.425. The van der Waals surface area contributed by atoms with Gasteiger partial charge in [-0.1, -0.05) is 26.0 Å². The Hall–Kier alpha value is -0.790. The molecule has 1 aliphatic rings. The number of rotatable bonds is 0. The molecule has 2 nitrogen and oxygen atoms in total. The van der Waals surface area contributed by atoms with Gasteiger partial charge in [0.2, 0.25) is 0 Å². The summed E-state index contributed by atoms with van der Waals surface area (Å²) >= 11 is 0. The third-order valence-corrected chi connectivity index (χ3v) is 2.47. The van der Waals surface area contributed by atoms with Crippen molar-refractivity contribution in [2.45, 2.75) is 33.1 Å². The summed E-state index contributed by atoms with van der Waals surface area (Å²) in [5.41, 5.74) is 0. The summed E-state index contributed by atoms with van der Waals surface area (Å²) in [6.45, 7) is 4.58. The highest BCUT2D eigenvalue weighted by Crippen LogP contribution is 2.18. The Bertz CT molecular complexity index is 196. The van der Waals surface area contributed by atoms with Gasteiger partial charge in [0.15, 0.2) is 0 Å². The normalized spacial score (nSPS) is 33.5. The van der Waals surface area contributed by atoms with Crippen LogP contribution in [0, 0.1) is 11.8 Å². The van der Waals surface area contributed by atoms with Crippen LogP contribution >= 0.6 is 0 Å². The van der Waals surface area contributed by atoms with Gasteiger partial charge in [-0.15, -0.1) is 0 Å². The topological polar surface area (TPSA) is 26.3 Å². The van der Waals surface area contributed by atoms with E-state index in [1.54, 1.807) is 0 Å². The fourth-order valence-electron chi connectivity index (χ4n) is 1.66. The lowest BCUT2D eigenvalue weighted by Crippen LogP contribution is -2.18. The summed E-state index contributed by atoms with van der Waals surface area (Å²) in [5, 5.41) is 0. The number of esters is 1. The second kappa shape index (κ2) is 5.05. The van der Waals surface area contributed by atoms with E-state index in [1.165, 1.54) is 6.42 Å². The van der Waals surface area contributed by atoms with Crippen LogP contribution in [0.4, 0.5) is 0 Å². The average molecular weight is 182 g/mol. The Morgan fingerprint density at radius 3 is 2.92 bits per heavy atom. The standard InChI is InChI=1S/C11H18O2/c1-9-6-4-3-5-7-13-11(12)10(2)8-9/h3,5,9-10H,4,6-8H2,1-2H3/b5-3-. The smallest absolute Gasteiger partial charge is 0.308 e. The van der Waals surface area contributed by atoms with Crippen LogP contribution in [0.25, 0.3) is 0 Å². The van der Waals surface area contributed by atoms with Gasteiger partial charge < -0.3 is 4.74 Å². The Kier molecular flexibility index (Phi) is 4.00. The van der Waals surface area contributed by atoms with Gasteiger partial charge in [-0.05, 0) is 25.2 Å². The number of allylic oxidation sites excluding steroid dienone is 1. The Balaban J connectivity index is 2.52. The molecule has 0 aromatic heterocycles. The first-order valence-electron chi connectivity index (χ1n) is 5.01. The van der Waals surface area contributed by atoms with Crippen LogP contribution in [0.15, 0.2) is 12.2 Å². The number of hydrogen-bond acceptors (Lipinski definition) is 2. The van der Waals surface area contributed by atoms with Gasteiger partial charge in [-0.3, -0.25) is 4.79 Å². The second-order valence-corrected chi connectivity index (χ2v) is 3.92. The van der Waals surface area contributed by atoms with Crippen LogP contribution in [0.1, 0.15) is 33.1 Å². The lowest BCUT2D eigenvalue weighted by atomic mass is 9.93. The molecule has 0 aromatic rings. The Labute approximate surface area is 80.0 Å². The minimum absolute atomic E-state index is 0.0569. The molecule has 2 heteroatoms. The molecule has 0 saturated heterocycles. The van der Waals surface area contributed by atoms with Crippen molar-refractivity contribution in [3.63, 3.8) is 0 Å². The van der Waals surface area contributed by atoms with E-state index in [0.29, 0.717) is 12.5 Å². The first-order valence-corrected chi connectivity index (χ1v) is 5.01. The molecule has 0 fully saturated rings. The lowest BCUT2D eigenvalue weighted by molar-refractivity contribution is -0.147. The minimum atomic E-state index is -0.0570. The number of hydrogen-bond donors (Lipinski definition) is 0. The summed E-state index contributed by atoms with van der Waals surface area (Å²) < 4.78 is 5.05. The van der Waals surface area contributed by atoms with E-state index in [4.69, 9.17) is 4.74 Å². The summed E-state index contributed by atoms with van der Waals surface area (Å²) in [4.78, 5) is 11.3. The molecule has 0 N–H and O–H groups in total. The highest BCUT2D eigenvalue weighted by atomic mass is 16.5. The van der Waals surface area contributed by atoms with Crippen molar-refractivity contribution >= 4 is 5.97 Å². The molecule has 0 aliphatic carbocycles. The predicted octanol–water partition coefficient (Wildman–Crippen LogP) is 2.54. The van der Waals surface area contributed by atoms with Gasteiger partial charge in [-0.25, -0.2) is 0 Å². The second-order valence-electron chi connectivity index (χ2n) is 3.92. The molecule has 0 amide bonds. The van der Waals surface area contributed by atoms with E-state index in [0.717, 1.165) is 12.8 Å². The molecule has 1 heterocycles. The molecule has 2 unspecified atom stereocenters. The Morgan fingerprint density at radius 2 is 2.15 bits per heavy atom. The first kappa shape index (κ1) is 10.3. The maximum absolute atomic E-state index is 11.3. The molecule has 0 saturated carbocycles. The van der Waals surface area contributed by atoms with Crippen molar-refractivity contribution in [3.05, 3.63) is 12.2 Å². The van der Waals surface area contributed by atoms with Gasteiger partial charge in [0.25, 0.3) is 0 Å². The third kappa shape index (κ3) is 3.62. The molecule has 0 spiro atoms. The number of ether oxygens (including phenoxy) is 1. The average Bonchev–Trinajstić information content (AvgIpc) is 2.09. The monoisotopic (exact) mass is 182 g/mol. The van der Waals surface area contributed by atoms with Gasteiger partial charge in [-0.2, -0.15) is 0 Å². The van der Waals surface area contributed by atoms with Crippen LogP contribution < -0.4 is 0 Å². The fourth-order valence-corrected chi connectivity index (χ4v) is 1.66. The van der Waals surface area contributed by atoms with Gasteiger partial charge >= 0.3 is 5.97 Å². The molecule has 74 valence electrons. The van der Waals surface area contributed by atoms with Crippen molar-refractivity contribution in [2.24, 2.45) is 11.8 Å². The van der Waals surface area contributed by atoms with Crippen LogP contribution in [0.3, 0.4) is 0 Å². The highest BCUT2D eigenvalue weighted by molar-refractivity contribution is 5.72. The summed E-state index contributed by atoms with van der Waals surface area (Å²) in [7, 11) is 0. The van der Waals surface area contributed by atoms with Crippen molar-refractivity contribution in [2.75, 3.05) is 6.61 Å². The third-order valence-electron chi connectivity index (χ3n) is 2.47. The van der Waals surface area contributed by atoms with Crippen LogP contribution in [0.2, 0.25) is 0 Å². The molecule has 1 rings (SSSR count). The zero-order chi connectivity index (χ0) is 9.68. The lowest BCUT2D eigenvalue weighted by Gasteiger charge is -2.16. The number of carbonyl (C=O) groups excluding carboxylic acids is 1. The molecular formula is C11H18O2. The molecule has 13 heavy (non-hydrogen) atoms. The molecular weight excluding hydrogens is 164 g/mol. The maximum atomic E-state index is 11.3. The van der Waals surface area contributed by atoms with E-state index in [-0.39, 0.29) is 11.9 Å². The van der Waals surface area contributed by atoms with E-state index in [1.807, 2.05) is 13.0 Å². The van der Waals surface area contributed by atoms with Gasteiger partial charge in [0.05, 0.1) is 5.92 Å². The van der Waals surface area contributed by atoms with Crippen molar-refractivity contribution in [1.82, 2.24) is 0 Å². The van der Waals surface area contributed by atoms with Gasteiger partial charge in [0.1, 0.15) is 6.61 Å². The van der Waals surface area contributed by atoms with E-state index >= 15 is 0 Å². The van der Waals surface area contributed by atoms with Crippen LogP contribution in [-0.2, 0) is 9.53 Å². The SMILES string of the molecule is CC1CC/C=C\COC(=O)C(C)C1. The fraction of sp³-hybridized carbons (Fsp3) is 0.727. The van der Waals surface area contributed by atoms with Gasteiger partial charge in [0, 0.05) is 0 Å². The molecule has 0 aromatic carbocycles. The van der Waals surface area contributed by atoms with Crippen molar-refractivity contribution in [1.29, 1.82) is 0 Å². The zero-order valence-electron chi connectivity index (χ0n) is 8.45. The summed E-state index contributed by atoms with van der Waals surface area (Å²) in [6.07, 6.45) is 7.26. The number of cyclic esters (lactones) is 1. The minimum Gasteiger partial charge on any atom is -0.461 e. The van der Waals surface area contributed by atoms with E-state index in [9.17, 15) is 4.79 Å². The molecule has 2 atom stereocenters. The van der Waals surface area contributed by atoms with E-state index < -0.39 is 0 Å². The number of carbonyl (C=O) groups is 1. The first-order chi connectivity index (χ1) is 6.20. The molecule has 0 bridgehead atoms. The van der Waals surface area contributed by atoms with E-state index in [2.05, 4.69) is 13.0 Å². The zero-order valence-corrected chi connectivity index (χ0v) is 8.45. The summed E-state index contributed by atoms with van der Waals surface area (Å²) in [6, 6.07) is 0. The van der Waals surface area contributed by atoms with Crippen molar-refractivity contribution < 1.29 is 9.53 Å². The maximum Gasteiger partial charge on any atom is 0.308 e. The Morgan fingerprint density at radius 1 is 1.38 bits per heavy atom.